The van der Waals surface area contributed by atoms with E-state index in [0.717, 1.165) is 17.1 Å². The molecule has 0 unspecified atom stereocenters. The molecule has 0 saturated carbocycles. The summed E-state index contributed by atoms with van der Waals surface area (Å²) in [5.41, 5.74) is 1.99. The lowest BCUT2D eigenvalue weighted by Gasteiger charge is -2.04. The molecule has 4 heteroatoms. The standard InChI is InChI=1S/C10H11N3O/c1-8-10(12-4-3-11-8)13-6-9-2-5-14-7-9/h2-5,7H,6H2,1H3,(H,12,13). The van der Waals surface area contributed by atoms with E-state index >= 15 is 0 Å². The van der Waals surface area contributed by atoms with E-state index < -0.39 is 0 Å². The van der Waals surface area contributed by atoms with Crippen LogP contribution in [0.1, 0.15) is 11.3 Å². The average molecular weight is 189 g/mol. The highest BCUT2D eigenvalue weighted by Crippen LogP contribution is 2.08. The molecule has 0 aliphatic heterocycles. The Morgan fingerprint density at radius 2 is 2.21 bits per heavy atom. The third kappa shape index (κ3) is 1.90. The summed E-state index contributed by atoms with van der Waals surface area (Å²) < 4.78 is 4.96. The van der Waals surface area contributed by atoms with E-state index in [0.29, 0.717) is 6.54 Å². The predicted molar refractivity (Wildman–Crippen MR) is 52.8 cm³/mol. The van der Waals surface area contributed by atoms with E-state index in [2.05, 4.69) is 15.3 Å². The van der Waals surface area contributed by atoms with E-state index in [-0.39, 0.29) is 0 Å². The van der Waals surface area contributed by atoms with Gasteiger partial charge >= 0.3 is 0 Å². The van der Waals surface area contributed by atoms with Gasteiger partial charge in [0.25, 0.3) is 0 Å². The van der Waals surface area contributed by atoms with Crippen LogP contribution in [0.25, 0.3) is 0 Å². The Balaban J connectivity index is 2.02. The van der Waals surface area contributed by atoms with Crippen LogP contribution < -0.4 is 5.32 Å². The normalized spacial score (nSPS) is 10.1. The monoisotopic (exact) mass is 189 g/mol. The summed E-state index contributed by atoms with van der Waals surface area (Å²) in [6, 6.07) is 1.92. The van der Waals surface area contributed by atoms with E-state index in [1.165, 1.54) is 0 Å². The van der Waals surface area contributed by atoms with Crippen molar-refractivity contribution in [3.8, 4) is 0 Å². The molecule has 0 saturated heterocycles. The second-order valence-corrected chi connectivity index (χ2v) is 2.98. The third-order valence-corrected chi connectivity index (χ3v) is 1.92. The molecule has 0 aliphatic rings. The summed E-state index contributed by atoms with van der Waals surface area (Å²) in [7, 11) is 0. The summed E-state index contributed by atoms with van der Waals surface area (Å²) in [6.07, 6.45) is 6.71. The highest BCUT2D eigenvalue weighted by atomic mass is 16.3. The zero-order valence-corrected chi connectivity index (χ0v) is 7.90. The van der Waals surface area contributed by atoms with Crippen molar-refractivity contribution in [3.63, 3.8) is 0 Å². The van der Waals surface area contributed by atoms with Gasteiger partial charge in [-0.1, -0.05) is 0 Å². The van der Waals surface area contributed by atoms with Crippen molar-refractivity contribution in [3.05, 3.63) is 42.2 Å². The van der Waals surface area contributed by atoms with Gasteiger partial charge in [-0.3, -0.25) is 4.98 Å². The Morgan fingerprint density at radius 1 is 1.36 bits per heavy atom. The number of nitrogens with one attached hydrogen (secondary N) is 1. The summed E-state index contributed by atoms with van der Waals surface area (Å²) in [5.74, 6) is 0.814. The average Bonchev–Trinajstić information content (AvgIpc) is 2.69. The van der Waals surface area contributed by atoms with Crippen LogP contribution in [-0.4, -0.2) is 9.97 Å². The number of aryl methyl sites for hydroxylation is 1. The maximum Gasteiger partial charge on any atom is 0.147 e. The Hall–Kier alpha value is -1.84. The van der Waals surface area contributed by atoms with Crippen LogP contribution in [0.3, 0.4) is 0 Å². The van der Waals surface area contributed by atoms with Gasteiger partial charge < -0.3 is 9.73 Å². The number of rotatable bonds is 3. The van der Waals surface area contributed by atoms with Crippen LogP contribution in [-0.2, 0) is 6.54 Å². The topological polar surface area (TPSA) is 51.0 Å². The maximum atomic E-state index is 4.96. The molecule has 0 amide bonds. The number of aromatic nitrogens is 2. The fourth-order valence-corrected chi connectivity index (χ4v) is 1.16. The maximum absolute atomic E-state index is 4.96. The molecule has 14 heavy (non-hydrogen) atoms. The number of hydrogen-bond acceptors (Lipinski definition) is 4. The Morgan fingerprint density at radius 3 is 2.93 bits per heavy atom. The van der Waals surface area contributed by atoms with Gasteiger partial charge in [0.2, 0.25) is 0 Å². The van der Waals surface area contributed by atoms with Gasteiger partial charge in [0, 0.05) is 24.5 Å². The molecular weight excluding hydrogens is 178 g/mol. The van der Waals surface area contributed by atoms with Crippen LogP contribution >= 0.6 is 0 Å². The van der Waals surface area contributed by atoms with Crippen LogP contribution in [0.2, 0.25) is 0 Å². The lowest BCUT2D eigenvalue weighted by molar-refractivity contribution is 0.564. The molecule has 2 heterocycles. The molecule has 0 bridgehead atoms. The summed E-state index contributed by atoms with van der Waals surface area (Å²) in [4.78, 5) is 8.30. The highest BCUT2D eigenvalue weighted by molar-refractivity contribution is 5.38. The van der Waals surface area contributed by atoms with Crippen molar-refractivity contribution in [2.24, 2.45) is 0 Å². The van der Waals surface area contributed by atoms with Crippen molar-refractivity contribution >= 4 is 5.82 Å². The summed E-state index contributed by atoms with van der Waals surface area (Å²) >= 11 is 0. The van der Waals surface area contributed by atoms with E-state index in [1.807, 2.05) is 13.0 Å². The lowest BCUT2D eigenvalue weighted by Crippen LogP contribution is -2.02. The fourth-order valence-electron chi connectivity index (χ4n) is 1.16. The van der Waals surface area contributed by atoms with Gasteiger partial charge in [-0.2, -0.15) is 0 Å². The Bertz CT molecular complexity index is 398. The molecule has 0 spiro atoms. The van der Waals surface area contributed by atoms with Crippen molar-refractivity contribution in [2.75, 3.05) is 5.32 Å². The molecule has 1 N–H and O–H groups in total. The first-order valence-corrected chi connectivity index (χ1v) is 4.39. The van der Waals surface area contributed by atoms with Crippen molar-refractivity contribution in [2.45, 2.75) is 13.5 Å². The molecule has 4 nitrogen and oxygen atoms in total. The molecule has 0 radical (unpaired) electrons. The first-order valence-electron chi connectivity index (χ1n) is 4.39. The van der Waals surface area contributed by atoms with E-state index in [1.54, 1.807) is 24.9 Å². The van der Waals surface area contributed by atoms with Gasteiger partial charge in [-0.05, 0) is 13.0 Å². The number of hydrogen-bond donors (Lipinski definition) is 1. The number of furan rings is 1. The van der Waals surface area contributed by atoms with Crippen LogP contribution in [0.5, 0.6) is 0 Å². The quantitative estimate of drug-likeness (QED) is 0.802. The molecule has 0 atom stereocenters. The molecule has 2 aromatic heterocycles. The first-order chi connectivity index (χ1) is 6.86. The summed E-state index contributed by atoms with van der Waals surface area (Å²) in [6.45, 7) is 2.63. The molecule has 72 valence electrons. The zero-order chi connectivity index (χ0) is 9.80. The first kappa shape index (κ1) is 8.74. The fraction of sp³-hybridized carbons (Fsp3) is 0.200. The van der Waals surface area contributed by atoms with Crippen LogP contribution in [0, 0.1) is 6.92 Å². The minimum absolute atomic E-state index is 0.704. The third-order valence-electron chi connectivity index (χ3n) is 1.92. The SMILES string of the molecule is Cc1nccnc1NCc1ccoc1. The van der Waals surface area contributed by atoms with Gasteiger partial charge in [-0.15, -0.1) is 0 Å². The van der Waals surface area contributed by atoms with Crippen LogP contribution in [0.15, 0.2) is 35.4 Å². The molecule has 0 fully saturated rings. The number of nitrogens with zero attached hydrogens (tertiary/aromatic N) is 2. The van der Waals surface area contributed by atoms with Crippen molar-refractivity contribution in [1.82, 2.24) is 9.97 Å². The molecule has 2 rings (SSSR count). The van der Waals surface area contributed by atoms with Gasteiger partial charge in [0.05, 0.1) is 18.2 Å². The Labute approximate surface area is 82.0 Å². The predicted octanol–water partition coefficient (Wildman–Crippen LogP) is 1.99. The summed E-state index contributed by atoms with van der Waals surface area (Å²) in [5, 5.41) is 3.18. The zero-order valence-electron chi connectivity index (χ0n) is 7.90. The highest BCUT2D eigenvalue weighted by Gasteiger charge is 1.99. The Kier molecular flexibility index (Phi) is 2.44. The van der Waals surface area contributed by atoms with Gasteiger partial charge in [0.15, 0.2) is 0 Å². The minimum Gasteiger partial charge on any atom is -0.472 e. The molecule has 0 aliphatic carbocycles. The second kappa shape index (κ2) is 3.91. The molecular formula is C10H11N3O. The van der Waals surface area contributed by atoms with Gasteiger partial charge in [-0.25, -0.2) is 4.98 Å². The second-order valence-electron chi connectivity index (χ2n) is 2.98. The van der Waals surface area contributed by atoms with Gasteiger partial charge in [0.1, 0.15) is 5.82 Å². The molecule has 2 aromatic rings. The van der Waals surface area contributed by atoms with E-state index in [4.69, 9.17) is 4.42 Å². The lowest BCUT2D eigenvalue weighted by atomic mass is 10.3. The minimum atomic E-state index is 0.704. The largest absolute Gasteiger partial charge is 0.472 e. The smallest absolute Gasteiger partial charge is 0.147 e. The van der Waals surface area contributed by atoms with Crippen molar-refractivity contribution in [1.29, 1.82) is 0 Å². The number of anilines is 1. The van der Waals surface area contributed by atoms with Crippen LogP contribution in [0.4, 0.5) is 5.82 Å². The van der Waals surface area contributed by atoms with E-state index in [9.17, 15) is 0 Å². The van der Waals surface area contributed by atoms with Crippen molar-refractivity contribution < 1.29 is 4.42 Å². The molecule has 0 aromatic carbocycles.